The van der Waals surface area contributed by atoms with E-state index in [4.69, 9.17) is 30.5 Å². The molecule has 1 N–H and O–H groups in total. The molecule has 5 nitrogen and oxygen atoms in total. The first-order valence-corrected chi connectivity index (χ1v) is 9.82. The first kappa shape index (κ1) is 21.1. The molecule has 1 fully saturated rings. The minimum absolute atomic E-state index is 0.327. The van der Waals surface area contributed by atoms with Gasteiger partial charge >= 0.3 is 0 Å². The smallest absolute Gasteiger partial charge is 0.199 e. The van der Waals surface area contributed by atoms with E-state index < -0.39 is 18.2 Å². The van der Waals surface area contributed by atoms with Gasteiger partial charge in [0.05, 0.1) is 12.7 Å². The lowest BCUT2D eigenvalue weighted by atomic mass is 9.92. The third kappa shape index (κ3) is 4.67. The zero-order chi connectivity index (χ0) is 20.1. The number of aliphatic hydroxyl groups is 1. The lowest BCUT2D eigenvalue weighted by molar-refractivity contribution is -0.341. The number of hydrogen-bond donors (Lipinski definition) is 1. The van der Waals surface area contributed by atoms with Gasteiger partial charge in [-0.2, -0.15) is 0 Å². The molecule has 1 saturated heterocycles. The molecule has 0 aromatic heterocycles. The van der Waals surface area contributed by atoms with E-state index in [1.54, 1.807) is 14.2 Å². The summed E-state index contributed by atoms with van der Waals surface area (Å²) in [5.41, 5.74) is 2.88. The van der Waals surface area contributed by atoms with Gasteiger partial charge in [0.2, 0.25) is 0 Å². The molecule has 0 spiro atoms. The highest BCUT2D eigenvalue weighted by atomic mass is 35.5. The van der Waals surface area contributed by atoms with Gasteiger partial charge in [0.25, 0.3) is 0 Å². The van der Waals surface area contributed by atoms with Crippen molar-refractivity contribution in [3.63, 3.8) is 0 Å². The molecular weight excluding hydrogens is 380 g/mol. The topological polar surface area (TPSA) is 57.2 Å². The Labute approximate surface area is 171 Å². The number of benzene rings is 2. The number of hydrogen-bond acceptors (Lipinski definition) is 5. The monoisotopic (exact) mass is 406 g/mol. The van der Waals surface area contributed by atoms with Crippen LogP contribution in [0.3, 0.4) is 0 Å². The molecule has 3 rings (SSSR count). The molecule has 3 atom stereocenters. The maximum Gasteiger partial charge on any atom is 0.199 e. The average Bonchev–Trinajstić information content (AvgIpc) is 2.70. The number of halogens is 1. The highest BCUT2D eigenvalue weighted by Crippen LogP contribution is 2.40. The van der Waals surface area contributed by atoms with E-state index in [1.807, 2.05) is 49.4 Å². The van der Waals surface area contributed by atoms with Gasteiger partial charge in [0.1, 0.15) is 5.75 Å². The van der Waals surface area contributed by atoms with Crippen molar-refractivity contribution in [3.8, 4) is 5.75 Å². The predicted octanol–water partition coefficient (Wildman–Crippen LogP) is 4.27. The van der Waals surface area contributed by atoms with Gasteiger partial charge in [-0.25, -0.2) is 0 Å². The predicted molar refractivity (Wildman–Crippen MR) is 108 cm³/mol. The molecule has 0 saturated carbocycles. The number of methoxy groups -OCH3 is 2. The summed E-state index contributed by atoms with van der Waals surface area (Å²) in [5, 5.41) is 11.0. The summed E-state index contributed by atoms with van der Waals surface area (Å²) in [6.07, 6.45) is 0.287. The van der Waals surface area contributed by atoms with E-state index in [0.717, 1.165) is 22.4 Å². The zero-order valence-electron chi connectivity index (χ0n) is 16.5. The van der Waals surface area contributed by atoms with Crippen LogP contribution in [0.1, 0.15) is 36.5 Å². The van der Waals surface area contributed by atoms with E-state index in [2.05, 4.69) is 0 Å². The summed E-state index contributed by atoms with van der Waals surface area (Å²) in [6, 6.07) is 13.7. The van der Waals surface area contributed by atoms with Crippen molar-refractivity contribution in [2.45, 2.75) is 44.4 Å². The molecule has 1 aliphatic rings. The van der Waals surface area contributed by atoms with Crippen molar-refractivity contribution in [3.05, 3.63) is 64.2 Å². The molecule has 0 aliphatic carbocycles. The van der Waals surface area contributed by atoms with Crippen molar-refractivity contribution in [1.82, 2.24) is 0 Å². The number of ether oxygens (including phenoxy) is 4. The van der Waals surface area contributed by atoms with Crippen LogP contribution in [-0.4, -0.2) is 38.3 Å². The molecule has 2 aromatic rings. The van der Waals surface area contributed by atoms with Gasteiger partial charge in [0, 0.05) is 37.6 Å². The molecule has 0 radical (unpaired) electrons. The van der Waals surface area contributed by atoms with Crippen LogP contribution in [0.25, 0.3) is 0 Å². The number of rotatable bonds is 7. The van der Waals surface area contributed by atoms with Crippen molar-refractivity contribution in [2.24, 2.45) is 0 Å². The van der Waals surface area contributed by atoms with Gasteiger partial charge in [-0.05, 0) is 48.7 Å². The van der Waals surface area contributed by atoms with Crippen molar-refractivity contribution in [2.75, 3.05) is 20.8 Å². The molecule has 152 valence electrons. The van der Waals surface area contributed by atoms with Crippen LogP contribution >= 0.6 is 11.6 Å². The summed E-state index contributed by atoms with van der Waals surface area (Å²) in [4.78, 5) is 0. The van der Waals surface area contributed by atoms with Crippen molar-refractivity contribution in [1.29, 1.82) is 0 Å². The van der Waals surface area contributed by atoms with Crippen LogP contribution in [-0.2, 0) is 26.4 Å². The molecule has 0 amide bonds. The van der Waals surface area contributed by atoms with Gasteiger partial charge in [-0.3, -0.25) is 0 Å². The van der Waals surface area contributed by atoms with Crippen LogP contribution < -0.4 is 4.74 Å². The van der Waals surface area contributed by atoms with E-state index in [-0.39, 0.29) is 0 Å². The molecule has 2 aromatic carbocycles. The maximum absolute atomic E-state index is 10.3. The Balaban J connectivity index is 1.87. The Kier molecular flexibility index (Phi) is 6.96. The number of aliphatic hydroxyl groups excluding tert-OH is 1. The molecule has 6 heteroatoms. The second-order valence-corrected chi connectivity index (χ2v) is 7.30. The van der Waals surface area contributed by atoms with Crippen LogP contribution in [0, 0.1) is 0 Å². The highest BCUT2D eigenvalue weighted by molar-refractivity contribution is 6.31. The first-order chi connectivity index (χ1) is 13.5. The van der Waals surface area contributed by atoms with Gasteiger partial charge in [0.15, 0.2) is 12.1 Å². The van der Waals surface area contributed by atoms with Crippen LogP contribution in [0.5, 0.6) is 5.75 Å². The van der Waals surface area contributed by atoms with Crippen molar-refractivity contribution < 1.29 is 24.1 Å². The third-order valence-corrected chi connectivity index (χ3v) is 5.37. The van der Waals surface area contributed by atoms with E-state index in [1.165, 1.54) is 0 Å². The summed E-state index contributed by atoms with van der Waals surface area (Å²) in [7, 11) is 3.13. The largest absolute Gasteiger partial charge is 0.494 e. The summed E-state index contributed by atoms with van der Waals surface area (Å²) in [6.45, 7) is 2.60. The lowest BCUT2D eigenvalue weighted by Crippen LogP contribution is -2.46. The molecular formula is C22H27ClO5. The van der Waals surface area contributed by atoms with E-state index >= 15 is 0 Å². The Morgan fingerprint density at radius 2 is 1.93 bits per heavy atom. The van der Waals surface area contributed by atoms with Gasteiger partial charge < -0.3 is 24.1 Å². The molecule has 1 aliphatic heterocycles. The Morgan fingerprint density at radius 3 is 2.57 bits per heavy atom. The second-order valence-electron chi connectivity index (χ2n) is 6.89. The minimum atomic E-state index is -1.07. The van der Waals surface area contributed by atoms with Crippen LogP contribution in [0.15, 0.2) is 42.5 Å². The molecule has 0 bridgehead atoms. The van der Waals surface area contributed by atoms with Crippen LogP contribution in [0.2, 0.25) is 5.02 Å². The Bertz CT molecular complexity index is 779. The molecule has 28 heavy (non-hydrogen) atoms. The second kappa shape index (κ2) is 9.25. The quantitative estimate of drug-likeness (QED) is 0.744. The standard InChI is InChI=1S/C22H27ClO5/c1-4-27-19-8-5-15(6-9-19)11-16-12-17(7-10-20(16)23)22(26-3)14-18(24)13-21(25-2)28-22/h5-10,12,18,21,24H,4,11,13-14H2,1-3H3/t18?,21?,22-/m1/s1. The summed E-state index contributed by atoms with van der Waals surface area (Å²) < 4.78 is 22.6. The molecule has 2 unspecified atom stereocenters. The van der Waals surface area contributed by atoms with Gasteiger partial charge in [-0.15, -0.1) is 0 Å². The minimum Gasteiger partial charge on any atom is -0.494 e. The summed E-state index contributed by atoms with van der Waals surface area (Å²) in [5.74, 6) is -0.226. The maximum atomic E-state index is 10.3. The van der Waals surface area contributed by atoms with E-state index in [9.17, 15) is 5.11 Å². The Hall–Kier alpha value is -1.63. The Morgan fingerprint density at radius 1 is 1.18 bits per heavy atom. The fourth-order valence-corrected chi connectivity index (χ4v) is 3.73. The highest BCUT2D eigenvalue weighted by Gasteiger charge is 2.43. The zero-order valence-corrected chi connectivity index (χ0v) is 17.2. The lowest BCUT2D eigenvalue weighted by Gasteiger charge is -2.41. The first-order valence-electron chi connectivity index (χ1n) is 9.44. The van der Waals surface area contributed by atoms with Crippen molar-refractivity contribution >= 4 is 11.6 Å². The molecule has 1 heterocycles. The fourth-order valence-electron chi connectivity index (χ4n) is 3.54. The fraction of sp³-hybridized carbons (Fsp3) is 0.455. The third-order valence-electron chi connectivity index (χ3n) is 5.00. The van der Waals surface area contributed by atoms with E-state index in [0.29, 0.717) is 30.9 Å². The van der Waals surface area contributed by atoms with Crippen LogP contribution in [0.4, 0.5) is 0 Å². The summed E-state index contributed by atoms with van der Waals surface area (Å²) >= 11 is 6.46. The average molecular weight is 407 g/mol. The normalized spacial score (nSPS) is 24.9. The van der Waals surface area contributed by atoms with Gasteiger partial charge in [-0.1, -0.05) is 29.8 Å². The SMILES string of the molecule is CCOc1ccc(Cc2cc([C@@]3(OC)CC(O)CC(OC)O3)ccc2Cl)cc1.